The van der Waals surface area contributed by atoms with E-state index in [2.05, 4.69) is 5.32 Å². The highest BCUT2D eigenvalue weighted by molar-refractivity contribution is 5.78. The zero-order chi connectivity index (χ0) is 13.4. The molecule has 1 atom stereocenters. The van der Waals surface area contributed by atoms with Crippen molar-refractivity contribution in [3.05, 3.63) is 35.9 Å². The molecule has 5 nitrogen and oxygen atoms in total. The molecule has 18 heavy (non-hydrogen) atoms. The largest absolute Gasteiger partial charge is 0.481 e. The van der Waals surface area contributed by atoms with Gasteiger partial charge in [0.15, 0.2) is 0 Å². The molecule has 5 heteroatoms. The molecule has 1 rings (SSSR count). The Morgan fingerprint density at radius 1 is 1.33 bits per heavy atom. The summed E-state index contributed by atoms with van der Waals surface area (Å²) in [6.07, 6.45) is -0.151. The van der Waals surface area contributed by atoms with Crippen molar-refractivity contribution in [3.8, 4) is 0 Å². The van der Waals surface area contributed by atoms with Gasteiger partial charge in [-0.2, -0.15) is 0 Å². The molecule has 0 spiro atoms. The monoisotopic (exact) mass is 251 g/mol. The van der Waals surface area contributed by atoms with E-state index in [4.69, 9.17) is 9.84 Å². The van der Waals surface area contributed by atoms with E-state index in [-0.39, 0.29) is 18.9 Å². The van der Waals surface area contributed by atoms with Gasteiger partial charge in [0, 0.05) is 6.61 Å². The standard InChI is InChI=1S/C13H17NO4/c1-2-18-9-12(15)14-11(8-13(16)17)10-6-4-3-5-7-10/h3-7,11H,2,8-9H2,1H3,(H,14,15)(H,16,17). The minimum Gasteiger partial charge on any atom is -0.481 e. The number of ether oxygens (including phenoxy) is 1. The summed E-state index contributed by atoms with van der Waals surface area (Å²) in [5, 5.41) is 11.5. The predicted molar refractivity (Wildman–Crippen MR) is 66.1 cm³/mol. The van der Waals surface area contributed by atoms with Crippen molar-refractivity contribution in [2.24, 2.45) is 0 Å². The third-order valence-electron chi connectivity index (χ3n) is 2.35. The van der Waals surface area contributed by atoms with Crippen LogP contribution >= 0.6 is 0 Å². The number of hydrogen-bond acceptors (Lipinski definition) is 3. The number of aliphatic carboxylic acids is 1. The van der Waals surface area contributed by atoms with Crippen molar-refractivity contribution in [1.82, 2.24) is 5.32 Å². The maximum absolute atomic E-state index is 11.5. The summed E-state index contributed by atoms with van der Waals surface area (Å²) in [5.74, 6) is -1.27. The van der Waals surface area contributed by atoms with E-state index in [1.807, 2.05) is 6.07 Å². The first-order valence-electron chi connectivity index (χ1n) is 5.77. The summed E-state index contributed by atoms with van der Waals surface area (Å²) in [7, 11) is 0. The first kappa shape index (κ1) is 14.2. The fraction of sp³-hybridized carbons (Fsp3) is 0.385. The Morgan fingerprint density at radius 2 is 2.00 bits per heavy atom. The molecule has 0 bridgehead atoms. The molecule has 0 aliphatic heterocycles. The number of hydrogen-bond donors (Lipinski definition) is 2. The number of rotatable bonds is 7. The SMILES string of the molecule is CCOCC(=O)NC(CC(=O)O)c1ccccc1. The highest BCUT2D eigenvalue weighted by atomic mass is 16.5. The van der Waals surface area contributed by atoms with Gasteiger partial charge in [-0.3, -0.25) is 9.59 Å². The molecule has 1 aromatic carbocycles. The quantitative estimate of drug-likeness (QED) is 0.767. The number of benzene rings is 1. The first-order valence-corrected chi connectivity index (χ1v) is 5.77. The number of carbonyl (C=O) groups is 2. The highest BCUT2D eigenvalue weighted by Gasteiger charge is 2.17. The van der Waals surface area contributed by atoms with Gasteiger partial charge in [0.25, 0.3) is 0 Å². The molecule has 1 aromatic rings. The second kappa shape index (κ2) is 7.45. The maximum Gasteiger partial charge on any atom is 0.305 e. The van der Waals surface area contributed by atoms with Crippen LogP contribution in [0.4, 0.5) is 0 Å². The third-order valence-corrected chi connectivity index (χ3v) is 2.35. The van der Waals surface area contributed by atoms with Crippen LogP contribution in [-0.2, 0) is 14.3 Å². The normalized spacial score (nSPS) is 11.8. The van der Waals surface area contributed by atoms with Crippen molar-refractivity contribution < 1.29 is 19.4 Å². The summed E-state index contributed by atoms with van der Waals surface area (Å²) in [4.78, 5) is 22.3. The zero-order valence-corrected chi connectivity index (χ0v) is 10.3. The topological polar surface area (TPSA) is 75.6 Å². The lowest BCUT2D eigenvalue weighted by atomic mass is 10.0. The Balaban J connectivity index is 2.67. The summed E-state index contributed by atoms with van der Waals surface area (Å²) in [5.41, 5.74) is 0.768. The van der Waals surface area contributed by atoms with Gasteiger partial charge < -0.3 is 15.2 Å². The molecule has 2 N–H and O–H groups in total. The van der Waals surface area contributed by atoms with E-state index < -0.39 is 12.0 Å². The van der Waals surface area contributed by atoms with Gasteiger partial charge in [-0.15, -0.1) is 0 Å². The Hall–Kier alpha value is -1.88. The molecule has 0 saturated carbocycles. The van der Waals surface area contributed by atoms with Crippen molar-refractivity contribution >= 4 is 11.9 Å². The molecule has 0 radical (unpaired) electrons. The van der Waals surface area contributed by atoms with Gasteiger partial charge in [-0.1, -0.05) is 30.3 Å². The van der Waals surface area contributed by atoms with Gasteiger partial charge >= 0.3 is 5.97 Å². The van der Waals surface area contributed by atoms with Crippen LogP contribution in [0, 0.1) is 0 Å². The van der Waals surface area contributed by atoms with Gasteiger partial charge in [0.1, 0.15) is 6.61 Å². The van der Waals surface area contributed by atoms with Gasteiger partial charge in [-0.05, 0) is 12.5 Å². The average molecular weight is 251 g/mol. The number of carboxylic acids is 1. The van der Waals surface area contributed by atoms with Crippen LogP contribution in [0.1, 0.15) is 24.9 Å². The Labute approximate surface area is 106 Å². The predicted octanol–water partition coefficient (Wildman–Crippen LogP) is 1.36. The number of carbonyl (C=O) groups excluding carboxylic acids is 1. The second-order valence-corrected chi connectivity index (χ2v) is 3.77. The summed E-state index contributed by atoms with van der Waals surface area (Å²) in [6.45, 7) is 2.18. The van der Waals surface area contributed by atoms with E-state index in [1.54, 1.807) is 31.2 Å². The number of nitrogens with one attached hydrogen (secondary N) is 1. The first-order chi connectivity index (χ1) is 8.63. The molecule has 0 aromatic heterocycles. The molecule has 98 valence electrons. The van der Waals surface area contributed by atoms with E-state index in [0.717, 1.165) is 5.56 Å². The lowest BCUT2D eigenvalue weighted by Gasteiger charge is -2.17. The van der Waals surface area contributed by atoms with E-state index >= 15 is 0 Å². The average Bonchev–Trinajstić information content (AvgIpc) is 2.36. The van der Waals surface area contributed by atoms with E-state index in [9.17, 15) is 9.59 Å². The highest BCUT2D eigenvalue weighted by Crippen LogP contribution is 2.16. The van der Waals surface area contributed by atoms with Crippen LogP contribution in [0.25, 0.3) is 0 Å². The summed E-state index contributed by atoms with van der Waals surface area (Å²) < 4.78 is 4.98. The second-order valence-electron chi connectivity index (χ2n) is 3.77. The Kier molecular flexibility index (Phi) is 5.87. The summed E-state index contributed by atoms with van der Waals surface area (Å²) >= 11 is 0. The lowest BCUT2D eigenvalue weighted by molar-refractivity contribution is -0.138. The minimum atomic E-state index is -0.958. The Morgan fingerprint density at radius 3 is 2.56 bits per heavy atom. The molecule has 1 unspecified atom stereocenters. The smallest absolute Gasteiger partial charge is 0.305 e. The van der Waals surface area contributed by atoms with Gasteiger partial charge in [-0.25, -0.2) is 0 Å². The van der Waals surface area contributed by atoms with Crippen molar-refractivity contribution in [2.75, 3.05) is 13.2 Å². The molecule has 0 saturated heterocycles. The van der Waals surface area contributed by atoms with Crippen LogP contribution < -0.4 is 5.32 Å². The van der Waals surface area contributed by atoms with Crippen LogP contribution in [0.5, 0.6) is 0 Å². The lowest BCUT2D eigenvalue weighted by Crippen LogP contribution is -2.33. The molecular weight excluding hydrogens is 234 g/mol. The van der Waals surface area contributed by atoms with Crippen molar-refractivity contribution in [2.45, 2.75) is 19.4 Å². The fourth-order valence-electron chi connectivity index (χ4n) is 1.54. The zero-order valence-electron chi connectivity index (χ0n) is 10.3. The minimum absolute atomic E-state index is 0.0561. The number of carboxylic acid groups (broad SMARTS) is 1. The van der Waals surface area contributed by atoms with Crippen LogP contribution in [0.3, 0.4) is 0 Å². The van der Waals surface area contributed by atoms with Crippen molar-refractivity contribution in [3.63, 3.8) is 0 Å². The maximum atomic E-state index is 11.5. The number of amides is 1. The van der Waals surface area contributed by atoms with E-state index in [1.165, 1.54) is 0 Å². The van der Waals surface area contributed by atoms with Gasteiger partial charge in [0.05, 0.1) is 12.5 Å². The molecule has 0 aliphatic carbocycles. The fourth-order valence-corrected chi connectivity index (χ4v) is 1.54. The molecule has 0 heterocycles. The van der Waals surface area contributed by atoms with E-state index in [0.29, 0.717) is 6.61 Å². The molecular formula is C13H17NO4. The molecule has 0 aliphatic rings. The van der Waals surface area contributed by atoms with Crippen LogP contribution in [0.15, 0.2) is 30.3 Å². The molecule has 1 amide bonds. The van der Waals surface area contributed by atoms with Crippen LogP contribution in [0.2, 0.25) is 0 Å². The van der Waals surface area contributed by atoms with Gasteiger partial charge in [0.2, 0.25) is 5.91 Å². The third kappa shape index (κ3) is 4.97. The van der Waals surface area contributed by atoms with Crippen LogP contribution in [-0.4, -0.2) is 30.2 Å². The summed E-state index contributed by atoms with van der Waals surface area (Å²) in [6, 6.07) is 8.49. The van der Waals surface area contributed by atoms with Crippen molar-refractivity contribution in [1.29, 1.82) is 0 Å². The molecule has 0 fully saturated rings. The Bertz CT molecular complexity index is 391.